The smallest absolute Gasteiger partial charge is 0.411 e. The van der Waals surface area contributed by atoms with Gasteiger partial charge in [-0.05, 0) is 0 Å². The monoisotopic (exact) mass is 230 g/mol. The van der Waals surface area contributed by atoms with E-state index in [2.05, 4.69) is 29.5 Å². The van der Waals surface area contributed by atoms with Crippen molar-refractivity contribution in [2.45, 2.75) is 0 Å². The zero-order valence-corrected chi connectivity index (χ0v) is 8.09. The molecule has 60 valence electrons. The van der Waals surface area contributed by atoms with E-state index in [1.807, 2.05) is 0 Å². The van der Waals surface area contributed by atoms with Crippen LogP contribution in [0.5, 0.6) is 0 Å². The van der Waals surface area contributed by atoms with Crippen LogP contribution in [-0.2, 0) is 18.1 Å². The highest BCUT2D eigenvalue weighted by Crippen LogP contribution is 2.47. The lowest BCUT2D eigenvalue weighted by Gasteiger charge is -2.09. The van der Waals surface area contributed by atoms with Crippen LogP contribution in [0.2, 0.25) is 0 Å². The van der Waals surface area contributed by atoms with Gasteiger partial charge in [-0.2, -0.15) is 0 Å². The van der Waals surface area contributed by atoms with Crippen LogP contribution in [0.3, 0.4) is 0 Å². The zero-order chi connectivity index (χ0) is 8.04. The van der Waals surface area contributed by atoms with Gasteiger partial charge in [-0.3, -0.25) is 9.05 Å². The molecule has 0 aliphatic rings. The molecule has 0 aromatic heterocycles. The number of hydrogen-bond acceptors (Lipinski definition) is 4. The molecule has 0 saturated carbocycles. The Morgan fingerprint density at radius 3 is 2.20 bits per heavy atom. The molecule has 0 rings (SSSR count). The molecule has 10 heavy (non-hydrogen) atoms. The van der Waals surface area contributed by atoms with E-state index in [1.54, 1.807) is 0 Å². The third kappa shape index (κ3) is 3.37. The Balaban J connectivity index is 3.94. The highest BCUT2D eigenvalue weighted by molar-refractivity contribution is 9.11. The number of halogens is 1. The van der Waals surface area contributed by atoms with Gasteiger partial charge in [-0.15, -0.1) is 0 Å². The fourth-order valence-corrected chi connectivity index (χ4v) is 1.06. The van der Waals surface area contributed by atoms with Crippen LogP contribution >= 0.6 is 23.8 Å². The minimum Gasteiger partial charge on any atom is -0.411 e. The molecule has 0 aromatic rings. The molecule has 0 N–H and O–H groups in total. The average molecular weight is 231 g/mol. The minimum absolute atomic E-state index is 1.17. The topological polar surface area (TPSA) is 44.8 Å². The first-order chi connectivity index (χ1) is 4.68. The molecule has 0 bridgehead atoms. The first-order valence-corrected chi connectivity index (χ1v) is 4.71. The molecule has 6 heteroatoms. The van der Waals surface area contributed by atoms with Crippen molar-refractivity contribution in [2.75, 3.05) is 14.2 Å². The Morgan fingerprint density at radius 1 is 1.40 bits per heavy atom. The predicted molar refractivity (Wildman–Crippen MR) is 40.8 cm³/mol. The van der Waals surface area contributed by atoms with Crippen LogP contribution < -0.4 is 0 Å². The van der Waals surface area contributed by atoms with Crippen LogP contribution in [0, 0.1) is 0 Å². The summed E-state index contributed by atoms with van der Waals surface area (Å²) in [6.45, 7) is 0. The van der Waals surface area contributed by atoms with E-state index < -0.39 is 7.82 Å². The third-order valence-corrected chi connectivity index (χ3v) is 2.18. The van der Waals surface area contributed by atoms with Crippen molar-refractivity contribution in [3.8, 4) is 0 Å². The lowest BCUT2D eigenvalue weighted by molar-refractivity contribution is 0.194. The summed E-state index contributed by atoms with van der Waals surface area (Å²) in [6.07, 6.45) is 1.17. The summed E-state index contributed by atoms with van der Waals surface area (Å²) in [4.78, 5) is 1.40. The lowest BCUT2D eigenvalue weighted by atomic mass is 11.2. The Bertz CT molecular complexity index is 149. The lowest BCUT2D eigenvalue weighted by Crippen LogP contribution is -1.88. The molecule has 0 fully saturated rings. The molecule has 0 aliphatic carbocycles. The molecule has 0 unspecified atom stereocenters. The van der Waals surface area contributed by atoms with Crippen LogP contribution in [-0.4, -0.2) is 14.2 Å². The standard InChI is InChI=1S/C4H8BrO4P/c1-7-10(6,8-2)9-4-3-5/h3-4H,1-2H3/b4-3+. The van der Waals surface area contributed by atoms with Crippen molar-refractivity contribution < 1.29 is 18.1 Å². The van der Waals surface area contributed by atoms with E-state index in [-0.39, 0.29) is 0 Å². The second-order valence-corrected chi connectivity index (χ2v) is 3.54. The van der Waals surface area contributed by atoms with Gasteiger partial charge in [0.2, 0.25) is 0 Å². The van der Waals surface area contributed by atoms with Crippen LogP contribution in [0.25, 0.3) is 0 Å². The summed E-state index contributed by atoms with van der Waals surface area (Å²) in [5.74, 6) is 0. The molecular formula is C4H8BrO4P. The Labute approximate surface area is 67.9 Å². The van der Waals surface area contributed by atoms with E-state index >= 15 is 0 Å². The molecule has 0 saturated heterocycles. The molecule has 0 heterocycles. The predicted octanol–water partition coefficient (Wildman–Crippen LogP) is 2.27. The largest absolute Gasteiger partial charge is 0.528 e. The van der Waals surface area contributed by atoms with Crippen molar-refractivity contribution in [1.82, 2.24) is 0 Å². The van der Waals surface area contributed by atoms with E-state index in [4.69, 9.17) is 0 Å². The quantitative estimate of drug-likeness (QED) is 0.549. The third-order valence-electron chi connectivity index (χ3n) is 0.689. The number of phosphoric ester groups is 1. The Hall–Kier alpha value is 0.170. The fraction of sp³-hybridized carbons (Fsp3) is 0.500. The summed E-state index contributed by atoms with van der Waals surface area (Å²) in [5, 5.41) is 0. The van der Waals surface area contributed by atoms with Crippen LogP contribution in [0.1, 0.15) is 0 Å². The summed E-state index contributed by atoms with van der Waals surface area (Å²) in [6, 6.07) is 0. The van der Waals surface area contributed by atoms with Gasteiger partial charge >= 0.3 is 7.82 Å². The summed E-state index contributed by atoms with van der Waals surface area (Å²) in [5.41, 5.74) is 0. The second-order valence-electron chi connectivity index (χ2n) is 1.18. The normalized spacial score (nSPS) is 12.3. The highest BCUT2D eigenvalue weighted by atomic mass is 79.9. The van der Waals surface area contributed by atoms with Gasteiger partial charge in [0, 0.05) is 19.2 Å². The van der Waals surface area contributed by atoms with Gasteiger partial charge in [-0.25, -0.2) is 4.57 Å². The molecular weight excluding hydrogens is 223 g/mol. The van der Waals surface area contributed by atoms with Gasteiger partial charge in [0.1, 0.15) is 6.26 Å². The zero-order valence-electron chi connectivity index (χ0n) is 5.61. The highest BCUT2D eigenvalue weighted by Gasteiger charge is 2.21. The Kier molecular flexibility index (Phi) is 4.99. The van der Waals surface area contributed by atoms with Crippen LogP contribution in [0.4, 0.5) is 0 Å². The van der Waals surface area contributed by atoms with E-state index in [0.29, 0.717) is 0 Å². The molecule has 4 nitrogen and oxygen atoms in total. The minimum atomic E-state index is -3.31. The molecule has 0 amide bonds. The molecule has 0 radical (unpaired) electrons. The van der Waals surface area contributed by atoms with Crippen molar-refractivity contribution in [3.05, 3.63) is 11.2 Å². The summed E-state index contributed by atoms with van der Waals surface area (Å²) in [7, 11) is -0.830. The van der Waals surface area contributed by atoms with Gasteiger partial charge in [-0.1, -0.05) is 15.9 Å². The maximum Gasteiger partial charge on any atom is 0.528 e. The van der Waals surface area contributed by atoms with Crippen molar-refractivity contribution >= 4 is 23.8 Å². The van der Waals surface area contributed by atoms with E-state index in [0.717, 1.165) is 0 Å². The van der Waals surface area contributed by atoms with Gasteiger partial charge in [0.25, 0.3) is 0 Å². The maximum absolute atomic E-state index is 11.0. The summed E-state index contributed by atoms with van der Waals surface area (Å²) < 4.78 is 24.4. The van der Waals surface area contributed by atoms with Gasteiger partial charge < -0.3 is 4.52 Å². The second kappa shape index (κ2) is 4.91. The number of rotatable bonds is 4. The fourth-order valence-electron chi connectivity index (χ4n) is 0.258. The van der Waals surface area contributed by atoms with Crippen LogP contribution in [0.15, 0.2) is 11.2 Å². The molecule has 0 aliphatic heterocycles. The summed E-state index contributed by atoms with van der Waals surface area (Å²) >= 11 is 2.92. The van der Waals surface area contributed by atoms with Crippen molar-refractivity contribution in [2.24, 2.45) is 0 Å². The number of phosphoric acid groups is 1. The first kappa shape index (κ1) is 10.2. The average Bonchev–Trinajstić information content (AvgIpc) is 2.00. The van der Waals surface area contributed by atoms with Crippen molar-refractivity contribution in [3.63, 3.8) is 0 Å². The van der Waals surface area contributed by atoms with Gasteiger partial charge in [0.05, 0.1) is 0 Å². The van der Waals surface area contributed by atoms with E-state index in [9.17, 15) is 4.57 Å². The maximum atomic E-state index is 11.0. The number of hydrogen-bond donors (Lipinski definition) is 0. The van der Waals surface area contributed by atoms with Crippen molar-refractivity contribution in [1.29, 1.82) is 0 Å². The van der Waals surface area contributed by atoms with E-state index in [1.165, 1.54) is 25.5 Å². The SMILES string of the molecule is COP(=O)(OC)O/C=C/Br. The first-order valence-electron chi connectivity index (χ1n) is 2.33. The Morgan fingerprint density at radius 2 is 1.90 bits per heavy atom. The molecule has 0 spiro atoms. The molecule has 0 aromatic carbocycles. The van der Waals surface area contributed by atoms with Gasteiger partial charge in [0.15, 0.2) is 0 Å². The molecule has 0 atom stereocenters.